The van der Waals surface area contributed by atoms with Gasteiger partial charge in [0.1, 0.15) is 5.75 Å². The monoisotopic (exact) mass is 372 g/mol. The molecule has 0 bridgehead atoms. The number of phenolic OH excluding ortho intramolecular Hbond substituents is 1. The van der Waals surface area contributed by atoms with Gasteiger partial charge in [0.15, 0.2) is 5.78 Å². The van der Waals surface area contributed by atoms with E-state index in [4.69, 9.17) is 16.7 Å². The third-order valence-electron chi connectivity index (χ3n) is 4.25. The topological polar surface area (TPSA) is 74.6 Å². The van der Waals surface area contributed by atoms with E-state index in [-0.39, 0.29) is 16.3 Å². The number of carboxylic acid groups (broad SMARTS) is 1. The first kappa shape index (κ1) is 19.7. The second-order valence-corrected chi connectivity index (χ2v) is 6.88. The SMILES string of the molecule is CC(C)c1ccc(/C=C/C(=O)c2cc([C@H](C)C(=O)O)cc(Cl)c2O)cc1. The van der Waals surface area contributed by atoms with Crippen molar-refractivity contribution in [1.29, 1.82) is 0 Å². The highest BCUT2D eigenvalue weighted by atomic mass is 35.5. The van der Waals surface area contributed by atoms with Crippen molar-refractivity contribution in [3.05, 3.63) is 69.8 Å². The van der Waals surface area contributed by atoms with Gasteiger partial charge in [0, 0.05) is 0 Å². The van der Waals surface area contributed by atoms with Crippen LogP contribution in [0.25, 0.3) is 6.08 Å². The minimum absolute atomic E-state index is 0.0179. The maximum Gasteiger partial charge on any atom is 0.310 e. The van der Waals surface area contributed by atoms with E-state index < -0.39 is 17.7 Å². The summed E-state index contributed by atoms with van der Waals surface area (Å²) in [6, 6.07) is 10.6. The minimum Gasteiger partial charge on any atom is -0.506 e. The molecule has 0 saturated heterocycles. The Hall–Kier alpha value is -2.59. The standard InChI is InChI=1S/C21H21ClO4/c1-12(2)15-7-4-14(5-8-15)6-9-19(23)17-10-16(13(3)21(25)26)11-18(22)20(17)24/h4-13,24H,1-3H3,(H,25,26)/b9-6+/t13-/m0/s1. The third kappa shape index (κ3) is 4.52. The number of phenols is 1. The Morgan fingerprint density at radius 2 is 1.65 bits per heavy atom. The Morgan fingerprint density at radius 3 is 2.19 bits per heavy atom. The molecule has 2 N–H and O–H groups in total. The second-order valence-electron chi connectivity index (χ2n) is 6.48. The molecule has 0 spiro atoms. The van der Waals surface area contributed by atoms with Crippen molar-refractivity contribution in [2.24, 2.45) is 0 Å². The van der Waals surface area contributed by atoms with E-state index in [1.165, 1.54) is 30.7 Å². The number of carbonyl (C=O) groups excluding carboxylic acids is 1. The molecule has 26 heavy (non-hydrogen) atoms. The Labute approximate surface area is 157 Å². The van der Waals surface area contributed by atoms with Crippen LogP contribution >= 0.6 is 11.6 Å². The van der Waals surface area contributed by atoms with Crippen LogP contribution in [-0.4, -0.2) is 22.0 Å². The number of rotatable bonds is 6. The highest BCUT2D eigenvalue weighted by Crippen LogP contribution is 2.32. The van der Waals surface area contributed by atoms with Crippen LogP contribution in [0.5, 0.6) is 5.75 Å². The summed E-state index contributed by atoms with van der Waals surface area (Å²) in [6.07, 6.45) is 2.98. The van der Waals surface area contributed by atoms with E-state index in [0.29, 0.717) is 11.5 Å². The lowest BCUT2D eigenvalue weighted by atomic mass is 9.96. The molecule has 0 unspecified atom stereocenters. The molecule has 136 valence electrons. The lowest BCUT2D eigenvalue weighted by molar-refractivity contribution is -0.138. The summed E-state index contributed by atoms with van der Waals surface area (Å²) in [5.41, 5.74) is 2.39. The Bertz CT molecular complexity index is 851. The van der Waals surface area contributed by atoms with Crippen molar-refractivity contribution < 1.29 is 19.8 Å². The summed E-state index contributed by atoms with van der Waals surface area (Å²) in [4.78, 5) is 23.6. The lowest BCUT2D eigenvalue weighted by Gasteiger charge is -2.11. The second kappa shape index (κ2) is 8.19. The molecule has 0 amide bonds. The average molecular weight is 373 g/mol. The number of ketones is 1. The van der Waals surface area contributed by atoms with Gasteiger partial charge in [-0.2, -0.15) is 0 Å². The Morgan fingerprint density at radius 1 is 1.04 bits per heavy atom. The Kier molecular flexibility index (Phi) is 6.22. The third-order valence-corrected chi connectivity index (χ3v) is 4.54. The largest absolute Gasteiger partial charge is 0.506 e. The molecule has 0 aromatic heterocycles. The van der Waals surface area contributed by atoms with Gasteiger partial charge >= 0.3 is 5.97 Å². The molecular formula is C21H21ClO4. The van der Waals surface area contributed by atoms with Crippen LogP contribution in [0, 0.1) is 0 Å². The van der Waals surface area contributed by atoms with Gasteiger partial charge in [0.2, 0.25) is 0 Å². The summed E-state index contributed by atoms with van der Waals surface area (Å²) in [5, 5.41) is 19.2. The van der Waals surface area contributed by atoms with E-state index in [1.54, 1.807) is 6.08 Å². The smallest absolute Gasteiger partial charge is 0.310 e. The first-order chi connectivity index (χ1) is 12.2. The zero-order chi connectivity index (χ0) is 19.4. The predicted molar refractivity (Wildman–Crippen MR) is 103 cm³/mol. The van der Waals surface area contributed by atoms with Crippen LogP contribution in [0.4, 0.5) is 0 Å². The van der Waals surface area contributed by atoms with Crippen molar-refractivity contribution in [3.63, 3.8) is 0 Å². The average Bonchev–Trinajstić information content (AvgIpc) is 2.61. The predicted octanol–water partition coefficient (Wildman–Crippen LogP) is 5.25. The quantitative estimate of drug-likeness (QED) is 0.536. The normalized spacial score (nSPS) is 12.5. The van der Waals surface area contributed by atoms with Crippen molar-refractivity contribution in [3.8, 4) is 5.75 Å². The molecule has 0 radical (unpaired) electrons. The lowest BCUT2D eigenvalue weighted by Crippen LogP contribution is -2.09. The number of carbonyl (C=O) groups is 2. The van der Waals surface area contributed by atoms with Crippen molar-refractivity contribution in [2.45, 2.75) is 32.6 Å². The highest BCUT2D eigenvalue weighted by Gasteiger charge is 2.20. The molecule has 0 aliphatic rings. The maximum atomic E-state index is 12.5. The van der Waals surface area contributed by atoms with E-state index in [2.05, 4.69) is 13.8 Å². The number of aliphatic carboxylic acids is 1. The zero-order valence-electron chi connectivity index (χ0n) is 14.9. The number of hydrogen-bond donors (Lipinski definition) is 2. The maximum absolute atomic E-state index is 12.5. The number of halogens is 1. The summed E-state index contributed by atoms with van der Waals surface area (Å²) >= 11 is 5.96. The number of hydrogen-bond acceptors (Lipinski definition) is 3. The van der Waals surface area contributed by atoms with Crippen molar-refractivity contribution in [2.75, 3.05) is 0 Å². The van der Waals surface area contributed by atoms with E-state index in [0.717, 1.165) is 5.56 Å². The number of aromatic hydroxyl groups is 1. The van der Waals surface area contributed by atoms with E-state index in [1.807, 2.05) is 24.3 Å². The Balaban J connectivity index is 2.29. The van der Waals surface area contributed by atoms with Gasteiger partial charge in [0.25, 0.3) is 0 Å². The fraction of sp³-hybridized carbons (Fsp3) is 0.238. The van der Waals surface area contributed by atoms with Gasteiger partial charge in [-0.15, -0.1) is 0 Å². The zero-order valence-corrected chi connectivity index (χ0v) is 15.6. The van der Waals surface area contributed by atoms with Gasteiger partial charge in [-0.05, 0) is 47.7 Å². The molecule has 0 fully saturated rings. The number of benzene rings is 2. The fourth-order valence-electron chi connectivity index (χ4n) is 2.45. The fourth-order valence-corrected chi connectivity index (χ4v) is 2.68. The first-order valence-corrected chi connectivity index (χ1v) is 8.66. The summed E-state index contributed by atoms with van der Waals surface area (Å²) in [6.45, 7) is 5.70. The molecule has 2 aromatic rings. The van der Waals surface area contributed by atoms with Crippen molar-refractivity contribution >= 4 is 29.4 Å². The van der Waals surface area contributed by atoms with Crippen LogP contribution in [0.2, 0.25) is 5.02 Å². The van der Waals surface area contributed by atoms with Crippen LogP contribution < -0.4 is 0 Å². The van der Waals surface area contributed by atoms with Crippen LogP contribution in [-0.2, 0) is 4.79 Å². The summed E-state index contributed by atoms with van der Waals surface area (Å²) in [5.74, 6) is -2.25. The van der Waals surface area contributed by atoms with E-state index >= 15 is 0 Å². The van der Waals surface area contributed by atoms with Gasteiger partial charge in [-0.25, -0.2) is 0 Å². The van der Waals surface area contributed by atoms with Gasteiger partial charge in [0.05, 0.1) is 16.5 Å². The molecule has 2 rings (SSSR count). The van der Waals surface area contributed by atoms with Crippen LogP contribution in [0.15, 0.2) is 42.5 Å². The molecule has 4 nitrogen and oxygen atoms in total. The van der Waals surface area contributed by atoms with Crippen molar-refractivity contribution in [1.82, 2.24) is 0 Å². The van der Waals surface area contributed by atoms with Gasteiger partial charge in [-0.3, -0.25) is 9.59 Å². The molecule has 0 aliphatic heterocycles. The molecule has 5 heteroatoms. The summed E-state index contributed by atoms with van der Waals surface area (Å²) < 4.78 is 0. The van der Waals surface area contributed by atoms with E-state index in [9.17, 15) is 14.7 Å². The molecule has 1 atom stereocenters. The van der Waals surface area contributed by atoms with Crippen LogP contribution in [0.1, 0.15) is 59.7 Å². The van der Waals surface area contributed by atoms with Gasteiger partial charge in [-0.1, -0.05) is 55.8 Å². The molecular weight excluding hydrogens is 352 g/mol. The highest BCUT2D eigenvalue weighted by molar-refractivity contribution is 6.33. The number of carboxylic acids is 1. The minimum atomic E-state index is -1.04. The first-order valence-electron chi connectivity index (χ1n) is 8.28. The molecule has 0 heterocycles. The van der Waals surface area contributed by atoms with Crippen LogP contribution in [0.3, 0.4) is 0 Å². The summed E-state index contributed by atoms with van der Waals surface area (Å²) in [7, 11) is 0. The molecule has 0 aliphatic carbocycles. The molecule has 0 saturated carbocycles. The van der Waals surface area contributed by atoms with Gasteiger partial charge < -0.3 is 10.2 Å². The number of allylic oxidation sites excluding steroid dienone is 1. The molecule has 2 aromatic carbocycles.